The van der Waals surface area contributed by atoms with E-state index in [1.54, 1.807) is 10.9 Å². The quantitative estimate of drug-likeness (QED) is 0.856. The molecule has 5 nitrogen and oxygen atoms in total. The van der Waals surface area contributed by atoms with Crippen LogP contribution in [-0.4, -0.2) is 31.6 Å². The van der Waals surface area contributed by atoms with Gasteiger partial charge in [0, 0.05) is 22.3 Å². The minimum absolute atomic E-state index is 0.541. The minimum atomic E-state index is -0.979. The standard InChI is InChI=1S/C15H19N3O2S/c1-15(2,13(16)14(19)20)21-10-11-8-17-18(9-11)12-6-4-3-5-7-12/h3-9,13H,10,16H2,1-2H3,(H,19,20)/t13-/m0/s1. The number of nitrogens with zero attached hydrogens (tertiary/aromatic N) is 2. The van der Waals surface area contributed by atoms with Gasteiger partial charge in [0.15, 0.2) is 0 Å². The van der Waals surface area contributed by atoms with Crippen molar-refractivity contribution in [2.45, 2.75) is 30.4 Å². The van der Waals surface area contributed by atoms with Crippen LogP contribution >= 0.6 is 11.8 Å². The summed E-state index contributed by atoms with van der Waals surface area (Å²) in [5.41, 5.74) is 7.75. The molecule has 0 saturated heterocycles. The fraction of sp³-hybridized carbons (Fsp3) is 0.333. The van der Waals surface area contributed by atoms with Crippen molar-refractivity contribution in [3.8, 4) is 5.69 Å². The third-order valence-electron chi connectivity index (χ3n) is 3.28. The van der Waals surface area contributed by atoms with Crippen LogP contribution in [0.3, 0.4) is 0 Å². The Morgan fingerprint density at radius 2 is 2.10 bits per heavy atom. The number of nitrogens with two attached hydrogens (primary N) is 1. The molecule has 1 aromatic heterocycles. The molecule has 1 aromatic carbocycles. The summed E-state index contributed by atoms with van der Waals surface area (Å²) >= 11 is 1.52. The zero-order chi connectivity index (χ0) is 15.5. The molecule has 2 aromatic rings. The number of benzene rings is 1. The molecule has 0 amide bonds. The van der Waals surface area contributed by atoms with Crippen molar-refractivity contribution in [2.75, 3.05) is 0 Å². The second kappa shape index (κ2) is 6.32. The molecule has 0 unspecified atom stereocenters. The van der Waals surface area contributed by atoms with Crippen molar-refractivity contribution in [1.29, 1.82) is 0 Å². The molecule has 0 saturated carbocycles. The van der Waals surface area contributed by atoms with Crippen molar-refractivity contribution in [1.82, 2.24) is 9.78 Å². The molecule has 0 aliphatic heterocycles. The number of para-hydroxylation sites is 1. The van der Waals surface area contributed by atoms with E-state index in [-0.39, 0.29) is 0 Å². The molecule has 21 heavy (non-hydrogen) atoms. The Kier molecular flexibility index (Phi) is 4.69. The SMILES string of the molecule is CC(C)(SCc1cnn(-c2ccccc2)c1)[C@@H](N)C(=O)O. The summed E-state index contributed by atoms with van der Waals surface area (Å²) in [6.07, 6.45) is 3.74. The highest BCUT2D eigenvalue weighted by molar-refractivity contribution is 7.99. The van der Waals surface area contributed by atoms with E-state index in [4.69, 9.17) is 10.8 Å². The lowest BCUT2D eigenvalue weighted by Crippen LogP contribution is -2.46. The molecule has 0 aliphatic carbocycles. The zero-order valence-corrected chi connectivity index (χ0v) is 12.9. The Balaban J connectivity index is 2.02. The maximum absolute atomic E-state index is 11.0. The van der Waals surface area contributed by atoms with Crippen LogP contribution in [0.4, 0.5) is 0 Å². The first-order valence-corrected chi connectivity index (χ1v) is 7.60. The third kappa shape index (κ3) is 3.86. The van der Waals surface area contributed by atoms with E-state index >= 15 is 0 Å². The molecule has 3 N–H and O–H groups in total. The van der Waals surface area contributed by atoms with Gasteiger partial charge in [-0.25, -0.2) is 4.68 Å². The van der Waals surface area contributed by atoms with Crippen molar-refractivity contribution >= 4 is 17.7 Å². The van der Waals surface area contributed by atoms with Crippen LogP contribution in [0, 0.1) is 0 Å². The monoisotopic (exact) mass is 305 g/mol. The van der Waals surface area contributed by atoms with Crippen LogP contribution in [0.1, 0.15) is 19.4 Å². The topological polar surface area (TPSA) is 81.1 Å². The van der Waals surface area contributed by atoms with E-state index in [1.165, 1.54) is 11.8 Å². The van der Waals surface area contributed by atoms with Crippen LogP contribution in [0.15, 0.2) is 42.7 Å². The predicted molar refractivity (Wildman–Crippen MR) is 84.5 cm³/mol. The van der Waals surface area contributed by atoms with E-state index in [9.17, 15) is 4.79 Å². The van der Waals surface area contributed by atoms with E-state index in [0.717, 1.165) is 11.3 Å². The predicted octanol–water partition coefficient (Wildman–Crippen LogP) is 2.30. The first kappa shape index (κ1) is 15.6. The number of thioether (sulfide) groups is 1. The van der Waals surface area contributed by atoms with Crippen LogP contribution in [0.2, 0.25) is 0 Å². The Morgan fingerprint density at radius 3 is 2.71 bits per heavy atom. The van der Waals surface area contributed by atoms with Gasteiger partial charge in [-0.1, -0.05) is 18.2 Å². The van der Waals surface area contributed by atoms with Crippen LogP contribution < -0.4 is 5.73 Å². The molecular weight excluding hydrogens is 286 g/mol. The normalized spacial score (nSPS) is 13.1. The van der Waals surface area contributed by atoms with Crippen molar-refractivity contribution in [3.05, 3.63) is 48.3 Å². The van der Waals surface area contributed by atoms with Crippen molar-refractivity contribution in [3.63, 3.8) is 0 Å². The summed E-state index contributed by atoms with van der Waals surface area (Å²) < 4.78 is 1.26. The molecule has 0 spiro atoms. The summed E-state index contributed by atoms with van der Waals surface area (Å²) in [5, 5.41) is 13.3. The molecule has 6 heteroatoms. The smallest absolute Gasteiger partial charge is 0.321 e. The van der Waals surface area contributed by atoms with Gasteiger partial charge in [0.2, 0.25) is 0 Å². The Labute approximate surface area is 128 Å². The number of carboxylic acids is 1. The number of carboxylic acid groups (broad SMARTS) is 1. The largest absolute Gasteiger partial charge is 0.480 e. The average Bonchev–Trinajstić information content (AvgIpc) is 2.94. The van der Waals surface area contributed by atoms with Crippen molar-refractivity contribution in [2.24, 2.45) is 5.73 Å². The maximum atomic E-state index is 11.0. The average molecular weight is 305 g/mol. The highest BCUT2D eigenvalue weighted by Crippen LogP contribution is 2.30. The Hall–Kier alpha value is -1.79. The fourth-order valence-corrected chi connectivity index (χ4v) is 2.78. The highest BCUT2D eigenvalue weighted by atomic mass is 32.2. The van der Waals surface area contributed by atoms with E-state index in [0.29, 0.717) is 5.75 Å². The molecule has 0 fully saturated rings. The molecule has 1 atom stereocenters. The summed E-state index contributed by atoms with van der Waals surface area (Å²) in [5.74, 6) is -0.312. The lowest BCUT2D eigenvalue weighted by Gasteiger charge is -2.27. The van der Waals surface area contributed by atoms with Crippen LogP contribution in [0.25, 0.3) is 5.69 Å². The van der Waals surface area contributed by atoms with Gasteiger partial charge in [-0.2, -0.15) is 5.10 Å². The van der Waals surface area contributed by atoms with Gasteiger partial charge in [0.05, 0.1) is 11.9 Å². The van der Waals surface area contributed by atoms with Crippen LogP contribution in [0.5, 0.6) is 0 Å². The summed E-state index contributed by atoms with van der Waals surface area (Å²) in [6.45, 7) is 3.69. The summed E-state index contributed by atoms with van der Waals surface area (Å²) in [4.78, 5) is 11.0. The van der Waals surface area contributed by atoms with E-state index in [2.05, 4.69) is 5.10 Å². The van der Waals surface area contributed by atoms with E-state index < -0.39 is 16.8 Å². The van der Waals surface area contributed by atoms with Crippen LogP contribution in [-0.2, 0) is 10.5 Å². The van der Waals surface area contributed by atoms with Gasteiger partial charge in [-0.05, 0) is 26.0 Å². The maximum Gasteiger partial charge on any atom is 0.321 e. The lowest BCUT2D eigenvalue weighted by molar-refractivity contribution is -0.139. The van der Waals surface area contributed by atoms with Gasteiger partial charge in [-0.15, -0.1) is 11.8 Å². The molecule has 2 rings (SSSR count). The molecule has 0 bridgehead atoms. The second-order valence-corrected chi connectivity index (χ2v) is 6.97. The lowest BCUT2D eigenvalue weighted by atomic mass is 10.1. The van der Waals surface area contributed by atoms with Crippen molar-refractivity contribution < 1.29 is 9.90 Å². The number of rotatable bonds is 6. The van der Waals surface area contributed by atoms with Gasteiger partial charge < -0.3 is 10.8 Å². The first-order valence-electron chi connectivity index (χ1n) is 6.61. The zero-order valence-electron chi connectivity index (χ0n) is 12.1. The first-order chi connectivity index (χ1) is 9.90. The number of hydrogen-bond donors (Lipinski definition) is 2. The Morgan fingerprint density at radius 1 is 1.43 bits per heavy atom. The molecule has 0 aliphatic rings. The van der Waals surface area contributed by atoms with Gasteiger partial charge in [0.1, 0.15) is 6.04 Å². The summed E-state index contributed by atoms with van der Waals surface area (Å²) in [6, 6.07) is 8.94. The molecular formula is C15H19N3O2S. The highest BCUT2D eigenvalue weighted by Gasteiger charge is 2.32. The number of aromatic nitrogens is 2. The number of hydrogen-bond acceptors (Lipinski definition) is 4. The second-order valence-electron chi connectivity index (χ2n) is 5.34. The Bertz CT molecular complexity index is 610. The molecule has 1 heterocycles. The van der Waals surface area contributed by atoms with Gasteiger partial charge >= 0.3 is 5.97 Å². The van der Waals surface area contributed by atoms with Gasteiger partial charge in [-0.3, -0.25) is 4.79 Å². The number of aliphatic carboxylic acids is 1. The van der Waals surface area contributed by atoms with E-state index in [1.807, 2.05) is 50.4 Å². The third-order valence-corrected chi connectivity index (χ3v) is 4.76. The van der Waals surface area contributed by atoms with Gasteiger partial charge in [0.25, 0.3) is 0 Å². The molecule has 112 valence electrons. The minimum Gasteiger partial charge on any atom is -0.480 e. The fourth-order valence-electron chi connectivity index (χ4n) is 1.81. The number of carbonyl (C=O) groups is 1. The summed E-state index contributed by atoms with van der Waals surface area (Å²) in [7, 11) is 0. The molecule has 0 radical (unpaired) electrons.